The Kier molecular flexibility index (Phi) is 2.30. The highest BCUT2D eigenvalue weighted by Gasteiger charge is 2.42. The quantitative estimate of drug-likeness (QED) is 0.570. The van der Waals surface area contributed by atoms with Crippen molar-refractivity contribution in [1.29, 1.82) is 0 Å². The van der Waals surface area contributed by atoms with Crippen molar-refractivity contribution in [2.45, 2.75) is 31.9 Å². The first-order chi connectivity index (χ1) is 7.09. The lowest BCUT2D eigenvalue weighted by Crippen LogP contribution is -2.47. The van der Waals surface area contributed by atoms with Crippen LogP contribution in [0.25, 0.3) is 0 Å². The van der Waals surface area contributed by atoms with Crippen molar-refractivity contribution in [3.8, 4) is 0 Å². The summed E-state index contributed by atoms with van der Waals surface area (Å²) in [5.74, 6) is -0.773. The highest BCUT2D eigenvalue weighted by molar-refractivity contribution is 5.98. The second-order valence-electron chi connectivity index (χ2n) is 3.66. The van der Waals surface area contributed by atoms with Gasteiger partial charge in [-0.15, -0.1) is 0 Å². The maximum atomic E-state index is 11.5. The molecule has 0 saturated carbocycles. The third kappa shape index (κ3) is 1.65. The van der Waals surface area contributed by atoms with Crippen LogP contribution in [0.2, 0.25) is 0 Å². The van der Waals surface area contributed by atoms with Gasteiger partial charge in [-0.2, -0.15) is 0 Å². The van der Waals surface area contributed by atoms with Crippen LogP contribution in [-0.4, -0.2) is 34.7 Å². The van der Waals surface area contributed by atoms with Gasteiger partial charge in [0.2, 0.25) is 5.91 Å². The number of ether oxygens (including phenoxy) is 1. The summed E-state index contributed by atoms with van der Waals surface area (Å²) in [5, 5.41) is 0. The van der Waals surface area contributed by atoms with Gasteiger partial charge in [-0.05, 0) is 6.42 Å². The van der Waals surface area contributed by atoms with Crippen LogP contribution in [0.4, 0.5) is 0 Å². The molecule has 15 heavy (non-hydrogen) atoms. The molecule has 5 heteroatoms. The number of ketones is 1. The minimum atomic E-state index is -0.820. The second-order valence-corrected chi connectivity index (χ2v) is 3.66. The first-order valence-electron chi connectivity index (χ1n) is 4.80. The Labute approximate surface area is 86.7 Å². The third-order valence-corrected chi connectivity index (χ3v) is 2.62. The molecule has 0 bridgehead atoms. The molecule has 2 rings (SSSR count). The number of carbonyl (C=O) groups is 3. The van der Waals surface area contributed by atoms with Crippen molar-refractivity contribution in [2.75, 3.05) is 0 Å². The Morgan fingerprint density at radius 2 is 2.27 bits per heavy atom. The van der Waals surface area contributed by atoms with Crippen molar-refractivity contribution in [3.05, 3.63) is 12.3 Å². The number of nitrogens with zero attached hydrogens (tertiary/aromatic N) is 1. The summed E-state index contributed by atoms with van der Waals surface area (Å²) in [6.07, 6.45) is 2.90. The molecule has 1 fully saturated rings. The van der Waals surface area contributed by atoms with E-state index in [2.05, 4.69) is 0 Å². The lowest BCUT2D eigenvalue weighted by atomic mass is 10.0. The Balaban J connectivity index is 2.23. The topological polar surface area (TPSA) is 63.7 Å². The predicted molar refractivity (Wildman–Crippen MR) is 49.6 cm³/mol. The number of rotatable bonds is 1. The lowest BCUT2D eigenvalue weighted by molar-refractivity contribution is -0.156. The summed E-state index contributed by atoms with van der Waals surface area (Å²) >= 11 is 0. The molecule has 2 aliphatic heterocycles. The molecular weight excluding hydrogens is 198 g/mol. The van der Waals surface area contributed by atoms with Gasteiger partial charge >= 0.3 is 5.97 Å². The first kappa shape index (κ1) is 9.89. The van der Waals surface area contributed by atoms with Crippen molar-refractivity contribution < 1.29 is 19.1 Å². The van der Waals surface area contributed by atoms with Crippen LogP contribution in [0.15, 0.2) is 12.3 Å². The standard InChI is InChI=1S/C10H11NO4/c1-6(12)15-10-7-2-3-9(14)11(7)5-4-8(10)13/h4-5,7,10H,2-3H2,1H3/t7-,10+/m0/s1. The van der Waals surface area contributed by atoms with Crippen LogP contribution in [0.1, 0.15) is 19.8 Å². The van der Waals surface area contributed by atoms with Crippen molar-refractivity contribution in [2.24, 2.45) is 0 Å². The SMILES string of the molecule is CC(=O)O[C@H]1C(=O)C=CN2C(=O)CC[C@@H]12. The molecule has 2 atom stereocenters. The Bertz CT molecular complexity index is 360. The van der Waals surface area contributed by atoms with E-state index in [1.54, 1.807) is 0 Å². The molecule has 0 aromatic heterocycles. The summed E-state index contributed by atoms with van der Waals surface area (Å²) < 4.78 is 4.93. The largest absolute Gasteiger partial charge is 0.452 e. The Morgan fingerprint density at radius 3 is 2.93 bits per heavy atom. The molecule has 2 heterocycles. The molecule has 0 aromatic rings. The van der Waals surface area contributed by atoms with Crippen molar-refractivity contribution in [1.82, 2.24) is 4.90 Å². The molecule has 0 unspecified atom stereocenters. The van der Waals surface area contributed by atoms with E-state index < -0.39 is 12.1 Å². The fourth-order valence-corrected chi connectivity index (χ4v) is 1.97. The molecule has 2 aliphatic rings. The first-order valence-corrected chi connectivity index (χ1v) is 4.80. The monoisotopic (exact) mass is 209 g/mol. The highest BCUT2D eigenvalue weighted by Crippen LogP contribution is 2.27. The summed E-state index contributed by atoms with van der Waals surface area (Å²) in [6, 6.07) is -0.307. The van der Waals surface area contributed by atoms with Gasteiger partial charge in [0.15, 0.2) is 11.9 Å². The Morgan fingerprint density at radius 1 is 1.53 bits per heavy atom. The highest BCUT2D eigenvalue weighted by atomic mass is 16.5. The number of hydrogen-bond acceptors (Lipinski definition) is 4. The number of amides is 1. The molecule has 1 amide bonds. The maximum Gasteiger partial charge on any atom is 0.303 e. The van der Waals surface area contributed by atoms with E-state index in [4.69, 9.17) is 4.74 Å². The third-order valence-electron chi connectivity index (χ3n) is 2.62. The molecule has 0 radical (unpaired) electrons. The van der Waals surface area contributed by atoms with E-state index in [1.807, 2.05) is 0 Å². The van der Waals surface area contributed by atoms with E-state index >= 15 is 0 Å². The molecular formula is C10H11NO4. The van der Waals surface area contributed by atoms with Crippen molar-refractivity contribution >= 4 is 17.7 Å². The smallest absolute Gasteiger partial charge is 0.303 e. The van der Waals surface area contributed by atoms with Gasteiger partial charge < -0.3 is 9.64 Å². The van der Waals surface area contributed by atoms with Crippen LogP contribution < -0.4 is 0 Å². The van der Waals surface area contributed by atoms with Crippen LogP contribution in [-0.2, 0) is 19.1 Å². The van der Waals surface area contributed by atoms with Gasteiger partial charge in [0.1, 0.15) is 0 Å². The van der Waals surface area contributed by atoms with E-state index in [0.717, 1.165) is 0 Å². The van der Waals surface area contributed by atoms with Crippen molar-refractivity contribution in [3.63, 3.8) is 0 Å². The minimum Gasteiger partial charge on any atom is -0.452 e. The minimum absolute atomic E-state index is 0.0269. The fourth-order valence-electron chi connectivity index (χ4n) is 1.97. The molecule has 0 aromatic carbocycles. The van der Waals surface area contributed by atoms with Crippen LogP contribution in [0.5, 0.6) is 0 Å². The maximum absolute atomic E-state index is 11.5. The normalized spacial score (nSPS) is 29.3. The van der Waals surface area contributed by atoms with E-state index in [9.17, 15) is 14.4 Å². The zero-order valence-electron chi connectivity index (χ0n) is 8.30. The van der Waals surface area contributed by atoms with Gasteiger partial charge in [0.05, 0.1) is 6.04 Å². The summed E-state index contributed by atoms with van der Waals surface area (Å²) in [7, 11) is 0. The average molecular weight is 209 g/mol. The van der Waals surface area contributed by atoms with Gasteiger partial charge in [-0.25, -0.2) is 0 Å². The summed E-state index contributed by atoms with van der Waals surface area (Å²) in [5.41, 5.74) is 0. The lowest BCUT2D eigenvalue weighted by Gasteiger charge is -2.30. The van der Waals surface area contributed by atoms with Gasteiger partial charge in [-0.1, -0.05) is 0 Å². The predicted octanol–water partition coefficient (Wildman–Crippen LogP) is 0.00550. The number of fused-ring (bicyclic) bond motifs is 1. The zero-order valence-corrected chi connectivity index (χ0v) is 8.30. The average Bonchev–Trinajstić information content (AvgIpc) is 2.52. The van der Waals surface area contributed by atoms with Gasteiger partial charge in [0.25, 0.3) is 0 Å². The van der Waals surface area contributed by atoms with Crippen LogP contribution in [0.3, 0.4) is 0 Å². The number of esters is 1. The van der Waals surface area contributed by atoms with E-state index in [1.165, 1.54) is 24.1 Å². The molecule has 0 spiro atoms. The fraction of sp³-hybridized carbons (Fsp3) is 0.500. The molecule has 1 saturated heterocycles. The van der Waals surface area contributed by atoms with Crippen LogP contribution >= 0.6 is 0 Å². The molecule has 0 N–H and O–H groups in total. The molecule has 80 valence electrons. The van der Waals surface area contributed by atoms with Crippen LogP contribution in [0, 0.1) is 0 Å². The van der Waals surface area contributed by atoms with E-state index in [-0.39, 0.29) is 17.7 Å². The van der Waals surface area contributed by atoms with Gasteiger partial charge in [-0.3, -0.25) is 14.4 Å². The Hall–Kier alpha value is -1.65. The number of hydrogen-bond donors (Lipinski definition) is 0. The molecule has 5 nitrogen and oxygen atoms in total. The zero-order chi connectivity index (χ0) is 11.0. The molecule has 0 aliphatic carbocycles. The summed E-state index contributed by atoms with van der Waals surface area (Å²) in [4.78, 5) is 35.2. The van der Waals surface area contributed by atoms with Gasteiger partial charge in [0, 0.05) is 25.6 Å². The summed E-state index contributed by atoms with van der Waals surface area (Å²) in [6.45, 7) is 1.26. The van der Waals surface area contributed by atoms with E-state index in [0.29, 0.717) is 12.8 Å². The second kappa shape index (κ2) is 3.49. The number of carbonyl (C=O) groups excluding carboxylic acids is 3.